The van der Waals surface area contributed by atoms with Gasteiger partial charge in [-0.25, -0.2) is 4.98 Å². The first kappa shape index (κ1) is 21.9. The second-order valence-electron chi connectivity index (χ2n) is 8.33. The number of aromatic nitrogens is 2. The Morgan fingerprint density at radius 2 is 1.91 bits per heavy atom. The van der Waals surface area contributed by atoms with Crippen LogP contribution in [0.1, 0.15) is 37.0 Å². The van der Waals surface area contributed by atoms with E-state index in [1.165, 1.54) is 27.3 Å². The Morgan fingerprint density at radius 1 is 1.15 bits per heavy atom. The summed E-state index contributed by atoms with van der Waals surface area (Å²) < 4.78 is 2.06. The fourth-order valence-electron chi connectivity index (χ4n) is 4.31. The van der Waals surface area contributed by atoms with Crippen molar-refractivity contribution in [1.82, 2.24) is 14.3 Å². The number of anilines is 1. The minimum Gasteiger partial charge on any atom is -0.351 e. The predicted octanol–water partition coefficient (Wildman–Crippen LogP) is 4.26. The van der Waals surface area contributed by atoms with Crippen LogP contribution in [0.3, 0.4) is 0 Å². The van der Waals surface area contributed by atoms with E-state index in [9.17, 15) is 9.59 Å². The summed E-state index contributed by atoms with van der Waals surface area (Å²) in [5, 5.41) is 0. The Balaban J connectivity index is 1.64. The van der Waals surface area contributed by atoms with E-state index in [0.29, 0.717) is 32.8 Å². The first-order valence-electron chi connectivity index (χ1n) is 11.1. The van der Waals surface area contributed by atoms with Crippen molar-refractivity contribution in [1.29, 1.82) is 0 Å². The molecule has 6 nitrogen and oxygen atoms in total. The van der Waals surface area contributed by atoms with E-state index in [0.717, 1.165) is 19.4 Å². The van der Waals surface area contributed by atoms with Crippen LogP contribution in [-0.4, -0.2) is 37.1 Å². The Bertz CT molecular complexity index is 1360. The minimum absolute atomic E-state index is 0.0114. The van der Waals surface area contributed by atoms with Gasteiger partial charge in [0.2, 0.25) is 0 Å². The van der Waals surface area contributed by atoms with Crippen molar-refractivity contribution in [2.24, 2.45) is 0 Å². The van der Waals surface area contributed by atoms with Crippen molar-refractivity contribution in [2.45, 2.75) is 39.3 Å². The quantitative estimate of drug-likeness (QED) is 0.414. The Kier molecular flexibility index (Phi) is 5.80. The number of hydrogen-bond donors (Lipinski definition) is 0. The lowest BCUT2D eigenvalue weighted by Crippen LogP contribution is -2.36. The number of carbonyl (C=O) groups excluding carboxylic acids is 1. The normalized spacial score (nSPS) is 18.3. The zero-order valence-corrected chi connectivity index (χ0v) is 20.2. The zero-order chi connectivity index (χ0) is 23.1. The summed E-state index contributed by atoms with van der Waals surface area (Å²) in [6.45, 7) is 5.43. The fourth-order valence-corrected chi connectivity index (χ4v) is 5.75. The van der Waals surface area contributed by atoms with Gasteiger partial charge < -0.3 is 4.90 Å². The Hall–Kier alpha value is -2.97. The molecule has 4 heterocycles. The van der Waals surface area contributed by atoms with Gasteiger partial charge in [0.15, 0.2) is 0 Å². The topological polar surface area (TPSA) is 57.9 Å². The van der Waals surface area contributed by atoms with Gasteiger partial charge in [0.05, 0.1) is 10.5 Å². The van der Waals surface area contributed by atoms with Gasteiger partial charge in [-0.05, 0) is 49.1 Å². The summed E-state index contributed by atoms with van der Waals surface area (Å²) in [5.41, 5.74) is 3.36. The molecule has 2 aliphatic heterocycles. The molecule has 2 aliphatic rings. The number of hydrogen-bond acceptors (Lipinski definition) is 6. The molecule has 1 amide bonds. The molecule has 0 aliphatic carbocycles. The lowest BCUT2D eigenvalue weighted by atomic mass is 9.99. The predicted molar refractivity (Wildman–Crippen MR) is 137 cm³/mol. The van der Waals surface area contributed by atoms with E-state index in [1.807, 2.05) is 32.0 Å². The summed E-state index contributed by atoms with van der Waals surface area (Å²) in [6.07, 6.45) is 5.08. The van der Waals surface area contributed by atoms with Crippen molar-refractivity contribution < 1.29 is 4.79 Å². The molecule has 8 heteroatoms. The zero-order valence-electron chi connectivity index (χ0n) is 18.5. The third-order valence-corrected chi connectivity index (χ3v) is 7.64. The van der Waals surface area contributed by atoms with Gasteiger partial charge in [0.25, 0.3) is 11.5 Å². The minimum atomic E-state index is -0.191. The molecule has 0 spiro atoms. The molecule has 0 saturated carbocycles. The van der Waals surface area contributed by atoms with E-state index >= 15 is 0 Å². The van der Waals surface area contributed by atoms with Crippen molar-refractivity contribution in [2.75, 3.05) is 11.4 Å². The van der Waals surface area contributed by atoms with Crippen LogP contribution in [0, 0.1) is 0 Å². The highest BCUT2D eigenvalue weighted by Crippen LogP contribution is 2.35. The smallest absolute Gasteiger partial charge is 0.267 e. The van der Waals surface area contributed by atoms with E-state index in [1.54, 1.807) is 23.2 Å². The molecule has 0 bridgehead atoms. The van der Waals surface area contributed by atoms with Gasteiger partial charge in [-0.2, -0.15) is 0 Å². The van der Waals surface area contributed by atoms with Crippen molar-refractivity contribution in [3.8, 4) is 0 Å². The molecule has 1 atom stereocenters. The molecular weight excluding hydrogens is 452 g/mol. The SMILES string of the molecule is CCC(C)N1C(=O)/C(=C/c2c(N3CCc4ccccc4C3)nc3ccccn3c2=O)SC1=S. The third-order valence-electron chi connectivity index (χ3n) is 6.31. The summed E-state index contributed by atoms with van der Waals surface area (Å²) in [6, 6.07) is 13.9. The summed E-state index contributed by atoms with van der Waals surface area (Å²) in [4.78, 5) is 35.8. The van der Waals surface area contributed by atoms with Gasteiger partial charge in [0, 0.05) is 25.3 Å². The molecule has 0 radical (unpaired) electrons. The molecule has 1 saturated heterocycles. The monoisotopic (exact) mass is 476 g/mol. The molecule has 3 aromatic rings. The molecule has 1 fully saturated rings. The number of nitrogens with zero attached hydrogens (tertiary/aromatic N) is 4. The first-order chi connectivity index (χ1) is 16.0. The van der Waals surface area contributed by atoms with E-state index in [4.69, 9.17) is 17.2 Å². The van der Waals surface area contributed by atoms with Gasteiger partial charge in [-0.15, -0.1) is 0 Å². The van der Waals surface area contributed by atoms with Crippen LogP contribution < -0.4 is 10.5 Å². The molecule has 1 unspecified atom stereocenters. The highest BCUT2D eigenvalue weighted by Gasteiger charge is 2.35. The molecule has 168 valence electrons. The second kappa shape index (κ2) is 8.76. The number of thiocarbonyl (C=S) groups is 1. The maximum Gasteiger partial charge on any atom is 0.267 e. The van der Waals surface area contributed by atoms with Gasteiger partial charge >= 0.3 is 0 Å². The lowest BCUT2D eigenvalue weighted by Gasteiger charge is -2.30. The van der Waals surface area contributed by atoms with Gasteiger partial charge in [0.1, 0.15) is 15.8 Å². The van der Waals surface area contributed by atoms with Crippen molar-refractivity contribution >= 4 is 51.7 Å². The summed E-state index contributed by atoms with van der Waals surface area (Å²) in [7, 11) is 0. The van der Waals surface area contributed by atoms with Gasteiger partial charge in [-0.1, -0.05) is 61.2 Å². The third kappa shape index (κ3) is 3.87. The molecule has 1 aromatic carbocycles. The van der Waals surface area contributed by atoms with Crippen LogP contribution in [0.25, 0.3) is 11.7 Å². The molecule has 2 aromatic heterocycles. The first-order valence-corrected chi connectivity index (χ1v) is 12.3. The fraction of sp³-hybridized carbons (Fsp3) is 0.280. The number of benzene rings is 1. The number of thioether (sulfide) groups is 1. The molecule has 5 rings (SSSR count). The average Bonchev–Trinajstić information content (AvgIpc) is 3.12. The highest BCUT2D eigenvalue weighted by atomic mass is 32.2. The van der Waals surface area contributed by atoms with Crippen LogP contribution in [-0.2, 0) is 17.8 Å². The largest absolute Gasteiger partial charge is 0.351 e. The maximum absolute atomic E-state index is 13.6. The van der Waals surface area contributed by atoms with Crippen molar-refractivity contribution in [3.63, 3.8) is 0 Å². The van der Waals surface area contributed by atoms with E-state index in [-0.39, 0.29) is 17.5 Å². The molecule has 0 N–H and O–H groups in total. The van der Waals surface area contributed by atoms with Crippen LogP contribution in [0.4, 0.5) is 5.82 Å². The number of fused-ring (bicyclic) bond motifs is 2. The van der Waals surface area contributed by atoms with Crippen LogP contribution in [0.15, 0.2) is 58.4 Å². The van der Waals surface area contributed by atoms with E-state index in [2.05, 4.69) is 23.1 Å². The Morgan fingerprint density at radius 3 is 2.70 bits per heavy atom. The lowest BCUT2D eigenvalue weighted by molar-refractivity contribution is -0.123. The van der Waals surface area contributed by atoms with Gasteiger partial charge in [-0.3, -0.25) is 18.9 Å². The van der Waals surface area contributed by atoms with Crippen LogP contribution in [0.5, 0.6) is 0 Å². The second-order valence-corrected chi connectivity index (χ2v) is 10.0. The maximum atomic E-state index is 13.6. The average molecular weight is 477 g/mol. The number of rotatable bonds is 4. The highest BCUT2D eigenvalue weighted by molar-refractivity contribution is 8.26. The Labute approximate surface area is 201 Å². The summed E-state index contributed by atoms with van der Waals surface area (Å²) >= 11 is 6.74. The number of carbonyl (C=O) groups is 1. The molecule has 33 heavy (non-hydrogen) atoms. The van der Waals surface area contributed by atoms with Crippen molar-refractivity contribution in [3.05, 3.63) is 80.6 Å². The van der Waals surface area contributed by atoms with Crippen LogP contribution in [0.2, 0.25) is 0 Å². The van der Waals surface area contributed by atoms with E-state index < -0.39 is 0 Å². The standard InChI is InChI=1S/C25H24N4O2S2/c1-3-16(2)29-24(31)20(33-25(29)32)14-19-22(26-21-10-6-7-12-28(21)23(19)30)27-13-11-17-8-4-5-9-18(17)15-27/h4-10,12,14,16H,3,11,13,15H2,1-2H3/b20-14-. The summed E-state index contributed by atoms with van der Waals surface area (Å²) in [5.74, 6) is 0.460. The van der Waals surface area contributed by atoms with Crippen LogP contribution >= 0.6 is 24.0 Å². The number of amides is 1. The molecular formula is C25H24N4O2S2. The number of pyridine rings is 1.